The first-order chi connectivity index (χ1) is 8.60. The monoisotopic (exact) mass is 240 g/mol. The summed E-state index contributed by atoms with van der Waals surface area (Å²) >= 11 is 0. The van der Waals surface area contributed by atoms with Gasteiger partial charge in [-0.15, -0.1) is 0 Å². The molecule has 92 valence electrons. The Hall–Kier alpha value is -2.28. The summed E-state index contributed by atoms with van der Waals surface area (Å²) in [6.45, 7) is 4.09. The summed E-state index contributed by atoms with van der Waals surface area (Å²) in [4.78, 5) is 0. The van der Waals surface area contributed by atoms with Gasteiger partial charge in [0.25, 0.3) is 0 Å². The molecule has 4 nitrogen and oxygen atoms in total. The van der Waals surface area contributed by atoms with Gasteiger partial charge in [0.2, 0.25) is 0 Å². The van der Waals surface area contributed by atoms with E-state index in [0.29, 0.717) is 5.56 Å². The molecule has 0 fully saturated rings. The second kappa shape index (κ2) is 4.92. The van der Waals surface area contributed by atoms with E-state index in [9.17, 15) is 0 Å². The SMILES string of the molecule is Cc1nn(C)cc1C(C)Nc1cccc(C#N)c1. The van der Waals surface area contributed by atoms with Crippen LogP contribution in [0.1, 0.15) is 29.8 Å². The molecule has 1 N–H and O–H groups in total. The van der Waals surface area contributed by atoms with Gasteiger partial charge in [0.15, 0.2) is 0 Å². The summed E-state index contributed by atoms with van der Waals surface area (Å²) in [5, 5.41) is 16.6. The first kappa shape index (κ1) is 12.2. The number of nitriles is 1. The number of benzene rings is 1. The van der Waals surface area contributed by atoms with Crippen LogP contribution in [-0.2, 0) is 7.05 Å². The average molecular weight is 240 g/mol. The van der Waals surface area contributed by atoms with Crippen LogP contribution in [0.15, 0.2) is 30.5 Å². The number of rotatable bonds is 3. The summed E-state index contributed by atoms with van der Waals surface area (Å²) < 4.78 is 1.81. The fraction of sp³-hybridized carbons (Fsp3) is 0.286. The van der Waals surface area contributed by atoms with Crippen molar-refractivity contribution in [2.45, 2.75) is 19.9 Å². The predicted molar refractivity (Wildman–Crippen MR) is 71.1 cm³/mol. The summed E-state index contributed by atoms with van der Waals surface area (Å²) in [6, 6.07) is 9.79. The zero-order valence-electron chi connectivity index (χ0n) is 10.8. The maximum Gasteiger partial charge on any atom is 0.0992 e. The topological polar surface area (TPSA) is 53.6 Å². The molecule has 0 aliphatic heterocycles. The number of anilines is 1. The van der Waals surface area contributed by atoms with Crippen molar-refractivity contribution < 1.29 is 0 Å². The highest BCUT2D eigenvalue weighted by molar-refractivity contribution is 5.50. The van der Waals surface area contributed by atoms with Gasteiger partial charge in [-0.05, 0) is 32.0 Å². The molecule has 2 rings (SSSR count). The predicted octanol–water partition coefficient (Wildman–Crippen LogP) is 2.77. The lowest BCUT2D eigenvalue weighted by molar-refractivity contribution is 0.756. The van der Waals surface area contributed by atoms with E-state index >= 15 is 0 Å². The smallest absolute Gasteiger partial charge is 0.0992 e. The standard InChI is InChI=1S/C14H16N4/c1-10(14-9-18(3)17-11(14)2)16-13-6-4-5-12(7-13)8-15/h4-7,9-10,16H,1-3H3. The molecule has 1 heterocycles. The van der Waals surface area contributed by atoms with Gasteiger partial charge in [-0.1, -0.05) is 6.07 Å². The fourth-order valence-electron chi connectivity index (χ4n) is 2.05. The van der Waals surface area contributed by atoms with Crippen LogP contribution in [0.2, 0.25) is 0 Å². The van der Waals surface area contributed by atoms with E-state index in [1.807, 2.05) is 43.0 Å². The Kier molecular flexibility index (Phi) is 3.33. The quantitative estimate of drug-likeness (QED) is 0.897. The van der Waals surface area contributed by atoms with Gasteiger partial charge in [0.1, 0.15) is 0 Å². The van der Waals surface area contributed by atoms with E-state index in [1.54, 1.807) is 6.07 Å². The highest BCUT2D eigenvalue weighted by Crippen LogP contribution is 2.21. The van der Waals surface area contributed by atoms with E-state index in [1.165, 1.54) is 5.56 Å². The zero-order valence-corrected chi connectivity index (χ0v) is 10.8. The van der Waals surface area contributed by atoms with Crippen LogP contribution in [0.4, 0.5) is 5.69 Å². The Balaban J connectivity index is 2.18. The van der Waals surface area contributed by atoms with E-state index in [-0.39, 0.29) is 6.04 Å². The largest absolute Gasteiger partial charge is 0.378 e. The van der Waals surface area contributed by atoms with E-state index in [2.05, 4.69) is 23.4 Å². The first-order valence-electron chi connectivity index (χ1n) is 5.87. The maximum absolute atomic E-state index is 8.87. The highest BCUT2D eigenvalue weighted by Gasteiger charge is 2.11. The van der Waals surface area contributed by atoms with Crippen molar-refractivity contribution in [2.75, 3.05) is 5.32 Å². The van der Waals surface area contributed by atoms with Crippen LogP contribution in [0.5, 0.6) is 0 Å². The number of aromatic nitrogens is 2. The molecule has 1 aromatic carbocycles. The van der Waals surface area contributed by atoms with Crippen molar-refractivity contribution >= 4 is 5.69 Å². The number of nitrogens with one attached hydrogen (secondary N) is 1. The van der Waals surface area contributed by atoms with Gasteiger partial charge >= 0.3 is 0 Å². The summed E-state index contributed by atoms with van der Waals surface area (Å²) in [6.07, 6.45) is 2.02. The van der Waals surface area contributed by atoms with Crippen molar-refractivity contribution in [3.05, 3.63) is 47.3 Å². The highest BCUT2D eigenvalue weighted by atomic mass is 15.3. The molecule has 2 aromatic rings. The Bertz CT molecular complexity index is 592. The molecule has 1 unspecified atom stereocenters. The van der Waals surface area contributed by atoms with Crippen LogP contribution in [-0.4, -0.2) is 9.78 Å². The fourth-order valence-corrected chi connectivity index (χ4v) is 2.05. The van der Waals surface area contributed by atoms with Crippen molar-refractivity contribution in [1.29, 1.82) is 5.26 Å². The molecule has 0 saturated carbocycles. The molecule has 4 heteroatoms. The number of hydrogen-bond donors (Lipinski definition) is 1. The molecule has 0 aliphatic carbocycles. The molecule has 0 spiro atoms. The first-order valence-corrected chi connectivity index (χ1v) is 5.87. The molecule has 0 radical (unpaired) electrons. The second-order valence-electron chi connectivity index (χ2n) is 4.40. The summed E-state index contributed by atoms with van der Waals surface area (Å²) in [7, 11) is 1.92. The lowest BCUT2D eigenvalue weighted by Gasteiger charge is -2.14. The van der Waals surface area contributed by atoms with Crippen LogP contribution < -0.4 is 5.32 Å². The second-order valence-corrected chi connectivity index (χ2v) is 4.40. The molecular weight excluding hydrogens is 224 g/mol. The van der Waals surface area contributed by atoms with Crippen LogP contribution in [0.25, 0.3) is 0 Å². The number of aryl methyl sites for hydroxylation is 2. The molecule has 1 aromatic heterocycles. The minimum Gasteiger partial charge on any atom is -0.378 e. The zero-order chi connectivity index (χ0) is 13.1. The molecule has 0 saturated heterocycles. The average Bonchev–Trinajstić information content (AvgIpc) is 2.69. The molecule has 0 amide bonds. The van der Waals surface area contributed by atoms with E-state index in [4.69, 9.17) is 5.26 Å². The summed E-state index contributed by atoms with van der Waals surface area (Å²) in [5.41, 5.74) is 3.80. The Morgan fingerprint density at radius 3 is 2.83 bits per heavy atom. The molecule has 1 atom stereocenters. The van der Waals surface area contributed by atoms with Gasteiger partial charge in [0, 0.05) is 24.5 Å². The van der Waals surface area contributed by atoms with Gasteiger partial charge in [0.05, 0.1) is 23.4 Å². The van der Waals surface area contributed by atoms with Crippen LogP contribution in [0, 0.1) is 18.3 Å². The normalized spacial score (nSPS) is 11.9. The van der Waals surface area contributed by atoms with Crippen molar-refractivity contribution in [2.24, 2.45) is 7.05 Å². The minimum atomic E-state index is 0.160. The molecule has 0 aliphatic rings. The Labute approximate surface area is 107 Å². The van der Waals surface area contributed by atoms with E-state index < -0.39 is 0 Å². The molecule has 0 bridgehead atoms. The van der Waals surface area contributed by atoms with Crippen LogP contribution >= 0.6 is 0 Å². The van der Waals surface area contributed by atoms with Crippen molar-refractivity contribution in [3.8, 4) is 6.07 Å². The van der Waals surface area contributed by atoms with E-state index in [0.717, 1.165) is 11.4 Å². The lowest BCUT2D eigenvalue weighted by atomic mass is 10.1. The lowest BCUT2D eigenvalue weighted by Crippen LogP contribution is -2.07. The Morgan fingerprint density at radius 1 is 1.44 bits per heavy atom. The number of nitrogens with zero attached hydrogens (tertiary/aromatic N) is 3. The third-order valence-corrected chi connectivity index (χ3v) is 2.89. The van der Waals surface area contributed by atoms with Crippen molar-refractivity contribution in [3.63, 3.8) is 0 Å². The maximum atomic E-state index is 8.87. The number of hydrogen-bond acceptors (Lipinski definition) is 3. The van der Waals surface area contributed by atoms with Gasteiger partial charge in [-0.2, -0.15) is 10.4 Å². The van der Waals surface area contributed by atoms with Gasteiger partial charge < -0.3 is 5.32 Å². The Morgan fingerprint density at radius 2 is 2.22 bits per heavy atom. The van der Waals surface area contributed by atoms with Crippen molar-refractivity contribution in [1.82, 2.24) is 9.78 Å². The molecular formula is C14H16N4. The minimum absolute atomic E-state index is 0.160. The summed E-state index contributed by atoms with van der Waals surface area (Å²) in [5.74, 6) is 0. The third-order valence-electron chi connectivity index (χ3n) is 2.89. The van der Waals surface area contributed by atoms with Gasteiger partial charge in [-0.3, -0.25) is 4.68 Å². The van der Waals surface area contributed by atoms with Crippen LogP contribution in [0.3, 0.4) is 0 Å². The van der Waals surface area contributed by atoms with Gasteiger partial charge in [-0.25, -0.2) is 0 Å². The molecule has 18 heavy (non-hydrogen) atoms. The third kappa shape index (κ3) is 2.51.